The van der Waals surface area contributed by atoms with Crippen LogP contribution in [0.2, 0.25) is 0 Å². The fourth-order valence-corrected chi connectivity index (χ4v) is 4.24. The number of aromatic nitrogens is 2. The minimum atomic E-state index is -1.04. The van der Waals surface area contributed by atoms with Gasteiger partial charge in [0, 0.05) is 56.2 Å². The van der Waals surface area contributed by atoms with Crippen molar-refractivity contribution in [2.45, 2.75) is 45.1 Å². The Bertz CT molecular complexity index is 927. The van der Waals surface area contributed by atoms with Crippen molar-refractivity contribution in [3.63, 3.8) is 0 Å². The molecule has 3 rings (SSSR count). The van der Waals surface area contributed by atoms with Gasteiger partial charge >= 0.3 is 5.97 Å². The first-order chi connectivity index (χ1) is 14.1. The summed E-state index contributed by atoms with van der Waals surface area (Å²) in [5.74, 6) is -1.08. The highest BCUT2D eigenvalue weighted by molar-refractivity contribution is 5.90. The quantitative estimate of drug-likeness (QED) is 0.716. The van der Waals surface area contributed by atoms with E-state index in [0.29, 0.717) is 13.0 Å². The standard InChI is InChI=1S/C22H30N4O4/c1-21(2,12-20(28)29)11-19(27)25(3)14-22(30)7-4-10-26(15-22)18-6-9-24-17-5-8-23-13-16(17)18/h5-6,8-9,13,30H,4,7,10-12,14-15H2,1-3H3,(H,28,29)/t22-/m0/s1. The molecule has 0 saturated carbocycles. The van der Waals surface area contributed by atoms with E-state index < -0.39 is 17.0 Å². The number of hydrogen-bond acceptors (Lipinski definition) is 6. The van der Waals surface area contributed by atoms with Crippen LogP contribution in [0.15, 0.2) is 30.7 Å². The maximum Gasteiger partial charge on any atom is 0.303 e. The van der Waals surface area contributed by atoms with Crippen LogP contribution < -0.4 is 4.90 Å². The molecule has 8 heteroatoms. The van der Waals surface area contributed by atoms with E-state index >= 15 is 0 Å². The highest BCUT2D eigenvalue weighted by Crippen LogP contribution is 2.31. The SMILES string of the molecule is CN(C[C@@]1(O)CCCN(c2ccnc3ccncc23)C1)C(=O)CC(C)(C)CC(=O)O. The Balaban J connectivity index is 1.70. The van der Waals surface area contributed by atoms with E-state index in [2.05, 4.69) is 14.9 Å². The van der Waals surface area contributed by atoms with E-state index in [1.165, 1.54) is 4.90 Å². The fraction of sp³-hybridized carbons (Fsp3) is 0.545. The number of likely N-dealkylation sites (N-methyl/N-ethyl adjacent to an activating group) is 1. The molecule has 1 fully saturated rings. The molecular formula is C22H30N4O4. The molecule has 3 heterocycles. The number of carboxylic acid groups (broad SMARTS) is 1. The third kappa shape index (κ3) is 5.24. The van der Waals surface area contributed by atoms with Crippen molar-refractivity contribution >= 4 is 28.5 Å². The van der Waals surface area contributed by atoms with Gasteiger partial charge in [-0.2, -0.15) is 0 Å². The van der Waals surface area contributed by atoms with Gasteiger partial charge in [-0.3, -0.25) is 19.6 Å². The van der Waals surface area contributed by atoms with Crippen LogP contribution >= 0.6 is 0 Å². The fourth-order valence-electron chi connectivity index (χ4n) is 4.24. The van der Waals surface area contributed by atoms with Crippen LogP contribution in [0.1, 0.15) is 39.5 Å². The van der Waals surface area contributed by atoms with Gasteiger partial charge in [0.05, 0.1) is 24.1 Å². The predicted molar refractivity (Wildman–Crippen MR) is 114 cm³/mol. The summed E-state index contributed by atoms with van der Waals surface area (Å²) in [6.07, 6.45) is 6.69. The molecular weight excluding hydrogens is 384 g/mol. The molecule has 0 bridgehead atoms. The number of carbonyl (C=O) groups is 2. The summed E-state index contributed by atoms with van der Waals surface area (Å²) >= 11 is 0. The molecule has 1 amide bonds. The van der Waals surface area contributed by atoms with Gasteiger partial charge in [0.15, 0.2) is 0 Å². The van der Waals surface area contributed by atoms with Crippen LogP contribution in [0.4, 0.5) is 5.69 Å². The van der Waals surface area contributed by atoms with Crippen molar-refractivity contribution in [2.75, 3.05) is 31.6 Å². The smallest absolute Gasteiger partial charge is 0.303 e. The molecule has 0 aromatic carbocycles. The topological polar surface area (TPSA) is 107 Å². The third-order valence-corrected chi connectivity index (χ3v) is 5.63. The van der Waals surface area contributed by atoms with E-state index in [1.54, 1.807) is 39.5 Å². The Kier molecular flexibility index (Phi) is 6.26. The Morgan fingerprint density at radius 1 is 1.27 bits per heavy atom. The average Bonchev–Trinajstić information content (AvgIpc) is 2.65. The van der Waals surface area contributed by atoms with E-state index in [1.807, 2.05) is 12.1 Å². The highest BCUT2D eigenvalue weighted by Gasteiger charge is 2.37. The van der Waals surface area contributed by atoms with Crippen LogP contribution in [0, 0.1) is 5.41 Å². The first-order valence-corrected chi connectivity index (χ1v) is 10.2. The number of aliphatic hydroxyl groups is 1. The molecule has 2 N–H and O–H groups in total. The predicted octanol–water partition coefficient (Wildman–Crippen LogP) is 2.31. The normalized spacial score (nSPS) is 19.7. The lowest BCUT2D eigenvalue weighted by atomic mass is 9.85. The summed E-state index contributed by atoms with van der Waals surface area (Å²) in [6.45, 7) is 4.95. The molecule has 2 aromatic heterocycles. The van der Waals surface area contributed by atoms with Gasteiger partial charge < -0.3 is 20.0 Å². The summed E-state index contributed by atoms with van der Waals surface area (Å²) in [5, 5.41) is 21.2. The van der Waals surface area contributed by atoms with Crippen LogP contribution in [0.3, 0.4) is 0 Å². The van der Waals surface area contributed by atoms with Crippen molar-refractivity contribution < 1.29 is 19.8 Å². The van der Waals surface area contributed by atoms with Gasteiger partial charge in [-0.25, -0.2) is 0 Å². The van der Waals surface area contributed by atoms with Gasteiger partial charge in [-0.1, -0.05) is 13.8 Å². The number of carbonyl (C=O) groups excluding carboxylic acids is 1. The summed E-state index contributed by atoms with van der Waals surface area (Å²) in [4.78, 5) is 35.9. The molecule has 1 saturated heterocycles. The second-order valence-corrected chi connectivity index (χ2v) is 9.13. The van der Waals surface area contributed by atoms with Crippen molar-refractivity contribution in [1.82, 2.24) is 14.9 Å². The maximum absolute atomic E-state index is 12.7. The minimum absolute atomic E-state index is 0.0756. The Hall–Kier alpha value is -2.74. The zero-order valence-corrected chi connectivity index (χ0v) is 17.8. The lowest BCUT2D eigenvalue weighted by Gasteiger charge is -2.42. The van der Waals surface area contributed by atoms with Gasteiger partial charge in [0.2, 0.25) is 5.91 Å². The number of rotatable bonds is 7. The second kappa shape index (κ2) is 8.55. The van der Waals surface area contributed by atoms with Gasteiger partial charge in [0.25, 0.3) is 0 Å². The van der Waals surface area contributed by atoms with Crippen molar-refractivity contribution in [3.05, 3.63) is 30.7 Å². The van der Waals surface area contributed by atoms with Crippen molar-refractivity contribution in [1.29, 1.82) is 0 Å². The molecule has 0 spiro atoms. The lowest BCUT2D eigenvalue weighted by molar-refractivity contribution is -0.141. The van der Waals surface area contributed by atoms with E-state index in [0.717, 1.165) is 29.6 Å². The number of pyridine rings is 2. The summed E-state index contributed by atoms with van der Waals surface area (Å²) in [6, 6.07) is 3.79. The minimum Gasteiger partial charge on any atom is -0.481 e. The molecule has 8 nitrogen and oxygen atoms in total. The van der Waals surface area contributed by atoms with E-state index in [9.17, 15) is 14.7 Å². The number of piperidine rings is 1. The van der Waals surface area contributed by atoms with Crippen LogP contribution in [0.25, 0.3) is 10.9 Å². The largest absolute Gasteiger partial charge is 0.481 e. The Morgan fingerprint density at radius 2 is 2.03 bits per heavy atom. The summed E-state index contributed by atoms with van der Waals surface area (Å²) in [7, 11) is 1.67. The lowest BCUT2D eigenvalue weighted by Crippen LogP contribution is -2.55. The molecule has 162 valence electrons. The molecule has 1 atom stereocenters. The molecule has 1 aliphatic heterocycles. The number of β-amino-alcohol motifs (C(OH)–C–C–N with tert-alkyl or cyclic N) is 1. The van der Waals surface area contributed by atoms with Crippen LogP contribution in [0.5, 0.6) is 0 Å². The third-order valence-electron chi connectivity index (χ3n) is 5.63. The molecule has 0 radical (unpaired) electrons. The number of aliphatic carboxylic acids is 1. The molecule has 0 unspecified atom stereocenters. The Morgan fingerprint density at radius 3 is 2.77 bits per heavy atom. The number of carboxylic acids is 1. The number of nitrogens with zero attached hydrogens (tertiary/aromatic N) is 4. The maximum atomic E-state index is 12.7. The summed E-state index contributed by atoms with van der Waals surface area (Å²) < 4.78 is 0. The van der Waals surface area contributed by atoms with Crippen LogP contribution in [-0.4, -0.2) is 69.2 Å². The van der Waals surface area contributed by atoms with Crippen LogP contribution in [-0.2, 0) is 9.59 Å². The number of amides is 1. The van der Waals surface area contributed by atoms with Gasteiger partial charge in [-0.15, -0.1) is 0 Å². The molecule has 1 aliphatic rings. The van der Waals surface area contributed by atoms with Gasteiger partial charge in [-0.05, 0) is 30.4 Å². The first kappa shape index (κ1) is 22.0. The Labute approximate surface area is 176 Å². The van der Waals surface area contributed by atoms with Gasteiger partial charge in [0.1, 0.15) is 0 Å². The highest BCUT2D eigenvalue weighted by atomic mass is 16.4. The van der Waals surface area contributed by atoms with E-state index in [-0.39, 0.29) is 25.3 Å². The average molecular weight is 415 g/mol. The number of anilines is 1. The molecule has 2 aromatic rings. The molecule has 0 aliphatic carbocycles. The summed E-state index contributed by atoms with van der Waals surface area (Å²) in [5.41, 5.74) is 0.144. The monoisotopic (exact) mass is 414 g/mol. The second-order valence-electron chi connectivity index (χ2n) is 9.13. The van der Waals surface area contributed by atoms with E-state index in [4.69, 9.17) is 5.11 Å². The zero-order valence-electron chi connectivity index (χ0n) is 17.8. The zero-order chi connectivity index (χ0) is 21.9. The molecule has 30 heavy (non-hydrogen) atoms. The number of hydrogen-bond donors (Lipinski definition) is 2. The van der Waals surface area contributed by atoms with Crippen molar-refractivity contribution in [3.8, 4) is 0 Å². The number of fused-ring (bicyclic) bond motifs is 1. The van der Waals surface area contributed by atoms with Crippen molar-refractivity contribution in [2.24, 2.45) is 5.41 Å². The first-order valence-electron chi connectivity index (χ1n) is 10.2.